The average molecular weight is 213 g/mol. The van der Waals surface area contributed by atoms with Gasteiger partial charge in [-0.3, -0.25) is 4.79 Å². The van der Waals surface area contributed by atoms with Gasteiger partial charge in [0.1, 0.15) is 5.78 Å². The Morgan fingerprint density at radius 2 is 2.00 bits per heavy atom. The molecule has 1 aromatic carbocycles. The number of hydrogen-bond acceptors (Lipinski definition) is 2. The first-order valence-electron chi connectivity index (χ1n) is 4.58. The zero-order valence-corrected chi connectivity index (χ0v) is 8.79. The summed E-state index contributed by atoms with van der Waals surface area (Å²) in [6, 6.07) is 6.87. The molecule has 0 saturated carbocycles. The lowest BCUT2D eigenvalue weighted by molar-refractivity contribution is -0.120. The zero-order chi connectivity index (χ0) is 10.6. The molecule has 0 bridgehead atoms. The molecule has 0 heterocycles. The molecule has 1 N–H and O–H groups in total. The lowest BCUT2D eigenvalue weighted by atomic mass is 10.0. The monoisotopic (exact) mass is 212 g/mol. The Hall–Kier alpha value is -0.860. The molecule has 76 valence electrons. The van der Waals surface area contributed by atoms with Crippen molar-refractivity contribution in [2.24, 2.45) is 0 Å². The minimum Gasteiger partial charge on any atom is -0.388 e. The second-order valence-corrected chi connectivity index (χ2v) is 3.60. The van der Waals surface area contributed by atoms with Crippen molar-refractivity contribution in [1.29, 1.82) is 0 Å². The molecule has 0 saturated heterocycles. The molecule has 0 spiro atoms. The molecule has 0 amide bonds. The van der Waals surface area contributed by atoms with E-state index in [1.165, 1.54) is 0 Å². The first-order chi connectivity index (χ1) is 6.63. The summed E-state index contributed by atoms with van der Waals surface area (Å²) in [4.78, 5) is 11.1. The molecular formula is C11H13ClO2. The molecule has 0 radical (unpaired) electrons. The normalized spacial score (nSPS) is 12.5. The molecule has 0 aliphatic carbocycles. The van der Waals surface area contributed by atoms with Gasteiger partial charge in [0.05, 0.1) is 6.10 Å². The Morgan fingerprint density at radius 3 is 2.50 bits per heavy atom. The Bertz CT molecular complexity index is 306. The van der Waals surface area contributed by atoms with Crippen LogP contribution in [0, 0.1) is 0 Å². The molecule has 3 heteroatoms. The van der Waals surface area contributed by atoms with E-state index >= 15 is 0 Å². The number of aliphatic hydroxyl groups excluding tert-OH is 1. The molecular weight excluding hydrogens is 200 g/mol. The van der Waals surface area contributed by atoms with Gasteiger partial charge in [-0.25, -0.2) is 0 Å². The van der Waals surface area contributed by atoms with Crippen molar-refractivity contribution in [3.05, 3.63) is 34.9 Å². The lowest BCUT2D eigenvalue weighted by Crippen LogP contribution is -2.05. The van der Waals surface area contributed by atoms with E-state index in [0.717, 1.165) is 5.56 Å². The van der Waals surface area contributed by atoms with Gasteiger partial charge in [-0.1, -0.05) is 30.7 Å². The molecule has 0 aliphatic heterocycles. The Balaban J connectivity index is 2.65. The first kappa shape index (κ1) is 11.2. The number of ketones is 1. The van der Waals surface area contributed by atoms with Gasteiger partial charge < -0.3 is 5.11 Å². The maximum absolute atomic E-state index is 11.1. The van der Waals surface area contributed by atoms with Gasteiger partial charge in [0.15, 0.2) is 0 Å². The van der Waals surface area contributed by atoms with Crippen LogP contribution in [0.15, 0.2) is 24.3 Å². The van der Waals surface area contributed by atoms with Crippen molar-refractivity contribution in [2.75, 3.05) is 0 Å². The van der Waals surface area contributed by atoms with E-state index in [1.807, 2.05) is 0 Å². The van der Waals surface area contributed by atoms with Crippen LogP contribution >= 0.6 is 11.6 Å². The SMILES string of the molecule is CCC(=O)CC(O)c1ccc(Cl)cc1. The second kappa shape index (κ2) is 5.13. The maximum atomic E-state index is 11.1. The van der Waals surface area contributed by atoms with Gasteiger partial charge in [-0.15, -0.1) is 0 Å². The highest BCUT2D eigenvalue weighted by molar-refractivity contribution is 6.30. The van der Waals surface area contributed by atoms with Crippen LogP contribution < -0.4 is 0 Å². The maximum Gasteiger partial charge on any atom is 0.135 e. The van der Waals surface area contributed by atoms with Gasteiger partial charge in [0, 0.05) is 17.9 Å². The van der Waals surface area contributed by atoms with Crippen LogP contribution in [-0.4, -0.2) is 10.9 Å². The summed E-state index contributed by atoms with van der Waals surface area (Å²) < 4.78 is 0. The van der Waals surface area contributed by atoms with E-state index in [9.17, 15) is 9.90 Å². The zero-order valence-electron chi connectivity index (χ0n) is 8.03. The van der Waals surface area contributed by atoms with Gasteiger partial charge in [-0.2, -0.15) is 0 Å². The van der Waals surface area contributed by atoms with Crippen LogP contribution in [0.5, 0.6) is 0 Å². The highest BCUT2D eigenvalue weighted by Gasteiger charge is 2.11. The fourth-order valence-corrected chi connectivity index (χ4v) is 1.29. The number of Topliss-reactive ketones (excluding diaryl/α,β-unsaturated/α-hetero) is 1. The van der Waals surface area contributed by atoms with E-state index in [0.29, 0.717) is 11.4 Å². The standard InChI is InChI=1S/C11H13ClO2/c1-2-10(13)7-11(14)8-3-5-9(12)6-4-8/h3-6,11,14H,2,7H2,1H3. The van der Waals surface area contributed by atoms with Crippen molar-refractivity contribution in [2.45, 2.75) is 25.9 Å². The number of benzene rings is 1. The van der Waals surface area contributed by atoms with Crippen LogP contribution in [0.25, 0.3) is 0 Å². The molecule has 1 aromatic rings. The first-order valence-corrected chi connectivity index (χ1v) is 4.96. The third-order valence-electron chi connectivity index (χ3n) is 2.07. The fraction of sp³-hybridized carbons (Fsp3) is 0.364. The Labute approximate surface area is 88.5 Å². The topological polar surface area (TPSA) is 37.3 Å². The van der Waals surface area contributed by atoms with Gasteiger partial charge in [-0.05, 0) is 17.7 Å². The summed E-state index contributed by atoms with van der Waals surface area (Å²) in [5.41, 5.74) is 0.733. The van der Waals surface area contributed by atoms with E-state index in [4.69, 9.17) is 11.6 Å². The van der Waals surface area contributed by atoms with Crippen molar-refractivity contribution in [1.82, 2.24) is 0 Å². The predicted octanol–water partition coefficient (Wildman–Crippen LogP) is 2.74. The van der Waals surface area contributed by atoms with Crippen LogP contribution in [0.3, 0.4) is 0 Å². The van der Waals surface area contributed by atoms with E-state index in [-0.39, 0.29) is 12.2 Å². The average Bonchev–Trinajstić information content (AvgIpc) is 2.18. The molecule has 1 rings (SSSR count). The van der Waals surface area contributed by atoms with Crippen molar-refractivity contribution in [3.8, 4) is 0 Å². The largest absolute Gasteiger partial charge is 0.388 e. The van der Waals surface area contributed by atoms with Crippen molar-refractivity contribution in [3.63, 3.8) is 0 Å². The third kappa shape index (κ3) is 3.13. The smallest absolute Gasteiger partial charge is 0.135 e. The van der Waals surface area contributed by atoms with Gasteiger partial charge in [0.2, 0.25) is 0 Å². The minimum absolute atomic E-state index is 0.0625. The highest BCUT2D eigenvalue weighted by Crippen LogP contribution is 2.19. The quantitative estimate of drug-likeness (QED) is 0.834. The van der Waals surface area contributed by atoms with Crippen molar-refractivity contribution >= 4 is 17.4 Å². The molecule has 1 atom stereocenters. The van der Waals surface area contributed by atoms with Crippen molar-refractivity contribution < 1.29 is 9.90 Å². The number of hydrogen-bond donors (Lipinski definition) is 1. The van der Waals surface area contributed by atoms with Gasteiger partial charge in [0.25, 0.3) is 0 Å². The van der Waals surface area contributed by atoms with Crippen LogP contribution in [-0.2, 0) is 4.79 Å². The number of carbonyl (C=O) groups excluding carboxylic acids is 1. The van der Waals surface area contributed by atoms with Crippen LogP contribution in [0.4, 0.5) is 0 Å². The van der Waals surface area contributed by atoms with Crippen LogP contribution in [0.1, 0.15) is 31.4 Å². The number of aliphatic hydroxyl groups is 1. The molecule has 14 heavy (non-hydrogen) atoms. The van der Waals surface area contributed by atoms with E-state index in [1.54, 1.807) is 31.2 Å². The number of halogens is 1. The van der Waals surface area contributed by atoms with Crippen LogP contribution in [0.2, 0.25) is 5.02 Å². The fourth-order valence-electron chi connectivity index (χ4n) is 1.16. The predicted molar refractivity (Wildman–Crippen MR) is 56.3 cm³/mol. The summed E-state index contributed by atoms with van der Waals surface area (Å²) in [5.74, 6) is 0.0625. The molecule has 0 fully saturated rings. The van der Waals surface area contributed by atoms with E-state index < -0.39 is 6.10 Å². The Kier molecular flexibility index (Phi) is 4.11. The number of carbonyl (C=O) groups is 1. The summed E-state index contributed by atoms with van der Waals surface area (Å²) in [7, 11) is 0. The molecule has 0 aromatic heterocycles. The molecule has 1 unspecified atom stereocenters. The lowest BCUT2D eigenvalue weighted by Gasteiger charge is -2.09. The third-order valence-corrected chi connectivity index (χ3v) is 2.32. The summed E-state index contributed by atoms with van der Waals surface area (Å²) in [6.45, 7) is 1.79. The van der Waals surface area contributed by atoms with E-state index in [2.05, 4.69) is 0 Å². The molecule has 0 aliphatic rings. The summed E-state index contributed by atoms with van der Waals surface area (Å²) in [6.07, 6.45) is -0.0669. The number of rotatable bonds is 4. The minimum atomic E-state index is -0.709. The Morgan fingerprint density at radius 1 is 1.43 bits per heavy atom. The highest BCUT2D eigenvalue weighted by atomic mass is 35.5. The summed E-state index contributed by atoms with van der Waals surface area (Å²) >= 11 is 5.70. The van der Waals surface area contributed by atoms with Gasteiger partial charge >= 0.3 is 0 Å². The molecule has 2 nitrogen and oxygen atoms in total. The second-order valence-electron chi connectivity index (χ2n) is 3.16. The summed E-state index contributed by atoms with van der Waals surface area (Å²) in [5, 5.41) is 10.3.